The van der Waals surface area contributed by atoms with Crippen LogP contribution in [0.4, 0.5) is 18.0 Å². The van der Waals surface area contributed by atoms with Crippen LogP contribution in [0.2, 0.25) is 5.02 Å². The first kappa shape index (κ1) is 21.5. The summed E-state index contributed by atoms with van der Waals surface area (Å²) in [7, 11) is 0. The molecule has 30 heavy (non-hydrogen) atoms. The van der Waals surface area contributed by atoms with Gasteiger partial charge in [-0.3, -0.25) is 14.9 Å². The Labute approximate surface area is 172 Å². The zero-order chi connectivity index (χ0) is 21.9. The van der Waals surface area contributed by atoms with Crippen LogP contribution in [0, 0.1) is 0 Å². The molecule has 1 aliphatic heterocycles. The highest BCUT2D eigenvalue weighted by molar-refractivity contribution is 6.30. The Kier molecular flexibility index (Phi) is 6.20. The van der Waals surface area contributed by atoms with E-state index in [1.807, 2.05) is 5.32 Å². The van der Waals surface area contributed by atoms with Crippen LogP contribution in [-0.2, 0) is 17.5 Å². The summed E-state index contributed by atoms with van der Waals surface area (Å²) in [6.07, 6.45) is -4.81. The molecule has 12 heteroatoms. The molecule has 1 aliphatic rings. The van der Waals surface area contributed by atoms with Crippen molar-refractivity contribution < 1.29 is 32.2 Å². The number of carbonyl (C=O) groups excluding carboxylic acids is 2. The second kappa shape index (κ2) is 8.66. The number of nitrogens with one attached hydrogen (secondary N) is 2. The summed E-state index contributed by atoms with van der Waals surface area (Å²) in [6.45, 7) is -0.654. The van der Waals surface area contributed by atoms with E-state index >= 15 is 0 Å². The van der Waals surface area contributed by atoms with Crippen molar-refractivity contribution in [1.29, 1.82) is 0 Å². The monoisotopic (exact) mass is 445 g/mol. The number of nitrogens with zero attached hydrogens (tertiary/aromatic N) is 1. The summed E-state index contributed by atoms with van der Waals surface area (Å²) in [5.74, 6) is 0.0718. The Morgan fingerprint density at radius 3 is 2.63 bits per heavy atom. The highest BCUT2D eigenvalue weighted by Gasteiger charge is 2.32. The SMILES string of the molecule is O=C(Cn1cc(C(F)(F)F)cc(Cl)c1=O)NC(=O)NCC1COc2ccccc2O1. The Bertz CT molecular complexity index is 1020. The molecule has 1 aromatic heterocycles. The summed E-state index contributed by atoms with van der Waals surface area (Å²) >= 11 is 5.52. The molecule has 2 aromatic rings. The highest BCUT2D eigenvalue weighted by atomic mass is 35.5. The average Bonchev–Trinajstić information content (AvgIpc) is 2.68. The lowest BCUT2D eigenvalue weighted by Gasteiger charge is -2.26. The van der Waals surface area contributed by atoms with E-state index in [-0.39, 0.29) is 13.2 Å². The number of aromatic nitrogens is 1. The Balaban J connectivity index is 1.54. The summed E-state index contributed by atoms with van der Waals surface area (Å²) in [4.78, 5) is 35.7. The Morgan fingerprint density at radius 2 is 1.93 bits per heavy atom. The lowest BCUT2D eigenvalue weighted by molar-refractivity contribution is -0.138. The molecule has 1 aromatic carbocycles. The van der Waals surface area contributed by atoms with Crippen molar-refractivity contribution in [3.05, 3.63) is 57.5 Å². The maximum absolute atomic E-state index is 12.8. The average molecular weight is 446 g/mol. The van der Waals surface area contributed by atoms with Gasteiger partial charge in [0.15, 0.2) is 17.6 Å². The molecular formula is C18H15ClF3N3O5. The molecule has 0 fully saturated rings. The number of hydrogen-bond donors (Lipinski definition) is 2. The molecule has 2 N–H and O–H groups in total. The van der Waals surface area contributed by atoms with Crippen molar-refractivity contribution >= 4 is 23.5 Å². The van der Waals surface area contributed by atoms with E-state index in [1.54, 1.807) is 24.3 Å². The quantitative estimate of drug-likeness (QED) is 0.751. The lowest BCUT2D eigenvalue weighted by atomic mass is 10.2. The number of rotatable bonds is 4. The number of halogens is 4. The normalized spacial score (nSPS) is 15.4. The van der Waals surface area contributed by atoms with Crippen molar-refractivity contribution in [2.75, 3.05) is 13.2 Å². The van der Waals surface area contributed by atoms with Crippen LogP contribution >= 0.6 is 11.6 Å². The zero-order valence-corrected chi connectivity index (χ0v) is 15.9. The van der Waals surface area contributed by atoms with E-state index in [2.05, 4.69) is 5.32 Å². The molecule has 8 nitrogen and oxygen atoms in total. The maximum atomic E-state index is 12.8. The molecule has 1 atom stereocenters. The van der Waals surface area contributed by atoms with Gasteiger partial charge in [-0.1, -0.05) is 23.7 Å². The van der Waals surface area contributed by atoms with Crippen molar-refractivity contribution in [2.45, 2.75) is 18.8 Å². The number of benzene rings is 1. The van der Waals surface area contributed by atoms with E-state index in [9.17, 15) is 27.6 Å². The molecule has 2 heterocycles. The van der Waals surface area contributed by atoms with E-state index in [0.717, 1.165) is 0 Å². The van der Waals surface area contributed by atoms with Gasteiger partial charge < -0.3 is 19.4 Å². The number of amides is 3. The Morgan fingerprint density at radius 1 is 1.23 bits per heavy atom. The van der Waals surface area contributed by atoms with Crippen molar-refractivity contribution in [3.63, 3.8) is 0 Å². The molecule has 0 saturated carbocycles. The first-order chi connectivity index (χ1) is 14.1. The molecule has 160 valence electrons. The highest BCUT2D eigenvalue weighted by Crippen LogP contribution is 2.31. The smallest absolute Gasteiger partial charge is 0.417 e. The number of alkyl halides is 3. The third-order valence-corrected chi connectivity index (χ3v) is 4.27. The van der Waals surface area contributed by atoms with Crippen LogP contribution in [0.25, 0.3) is 0 Å². The standard InChI is InChI=1S/C18H15ClF3N3O5/c19-12-5-10(18(20,21)22)7-25(16(12)27)8-15(26)24-17(28)23-6-11-9-29-13-3-1-2-4-14(13)30-11/h1-5,7,11H,6,8-9H2,(H2,23,24,26,28). The van der Waals surface area contributed by atoms with Gasteiger partial charge in [0.2, 0.25) is 5.91 Å². The number of urea groups is 1. The fourth-order valence-electron chi connectivity index (χ4n) is 2.61. The number of para-hydroxylation sites is 2. The molecule has 3 rings (SSSR count). The minimum atomic E-state index is -4.76. The topological polar surface area (TPSA) is 98.7 Å². The summed E-state index contributed by atoms with van der Waals surface area (Å²) in [6, 6.07) is 6.52. The van der Waals surface area contributed by atoms with Gasteiger partial charge in [0.05, 0.1) is 12.1 Å². The van der Waals surface area contributed by atoms with E-state index in [1.165, 1.54) is 0 Å². The molecule has 1 unspecified atom stereocenters. The molecule has 0 bridgehead atoms. The lowest BCUT2D eigenvalue weighted by Crippen LogP contribution is -2.47. The maximum Gasteiger partial charge on any atom is 0.417 e. The van der Waals surface area contributed by atoms with Gasteiger partial charge >= 0.3 is 12.2 Å². The van der Waals surface area contributed by atoms with Crippen molar-refractivity contribution in [2.24, 2.45) is 0 Å². The van der Waals surface area contributed by atoms with Crippen LogP contribution in [0.5, 0.6) is 11.5 Å². The van der Waals surface area contributed by atoms with Gasteiger partial charge in [0.25, 0.3) is 5.56 Å². The summed E-state index contributed by atoms with van der Waals surface area (Å²) < 4.78 is 50.1. The van der Waals surface area contributed by atoms with Gasteiger partial charge in [0.1, 0.15) is 18.2 Å². The summed E-state index contributed by atoms with van der Waals surface area (Å²) in [5.41, 5.74) is -2.19. The predicted octanol–water partition coefficient (Wildman–Crippen LogP) is 2.19. The fourth-order valence-corrected chi connectivity index (χ4v) is 2.83. The van der Waals surface area contributed by atoms with Crippen molar-refractivity contribution in [1.82, 2.24) is 15.2 Å². The largest absolute Gasteiger partial charge is 0.486 e. The molecule has 3 amide bonds. The second-order valence-corrected chi connectivity index (χ2v) is 6.67. The van der Waals surface area contributed by atoms with Crippen LogP contribution < -0.4 is 25.7 Å². The Hall–Kier alpha value is -3.21. The van der Waals surface area contributed by atoms with Gasteiger partial charge in [-0.15, -0.1) is 0 Å². The number of hydrogen-bond acceptors (Lipinski definition) is 5. The third kappa shape index (κ3) is 5.23. The molecule has 0 spiro atoms. The minimum Gasteiger partial charge on any atom is -0.486 e. The van der Waals surface area contributed by atoms with Crippen LogP contribution in [-0.4, -0.2) is 35.8 Å². The first-order valence-corrected chi connectivity index (χ1v) is 8.94. The van der Waals surface area contributed by atoms with Gasteiger partial charge in [-0.05, 0) is 18.2 Å². The van der Waals surface area contributed by atoms with Crippen LogP contribution in [0.1, 0.15) is 5.56 Å². The van der Waals surface area contributed by atoms with E-state index in [0.29, 0.717) is 28.3 Å². The zero-order valence-electron chi connectivity index (χ0n) is 15.2. The number of carbonyl (C=O) groups is 2. The van der Waals surface area contributed by atoms with E-state index in [4.69, 9.17) is 21.1 Å². The number of pyridine rings is 1. The van der Waals surface area contributed by atoms with Gasteiger partial charge in [-0.2, -0.15) is 13.2 Å². The number of ether oxygens (including phenoxy) is 2. The molecule has 0 aliphatic carbocycles. The first-order valence-electron chi connectivity index (χ1n) is 8.57. The van der Waals surface area contributed by atoms with E-state index < -0.39 is 46.9 Å². The number of imide groups is 1. The second-order valence-electron chi connectivity index (χ2n) is 6.26. The van der Waals surface area contributed by atoms with Crippen LogP contribution in [0.3, 0.4) is 0 Å². The van der Waals surface area contributed by atoms with Gasteiger partial charge in [0, 0.05) is 6.20 Å². The fraction of sp³-hybridized carbons (Fsp3) is 0.278. The minimum absolute atomic E-state index is 0.00276. The van der Waals surface area contributed by atoms with Gasteiger partial charge in [-0.25, -0.2) is 4.79 Å². The molecule has 0 saturated heterocycles. The molecule has 0 radical (unpaired) electrons. The molecular weight excluding hydrogens is 431 g/mol. The number of fused-ring (bicyclic) bond motifs is 1. The summed E-state index contributed by atoms with van der Waals surface area (Å²) in [5, 5.41) is 3.62. The van der Waals surface area contributed by atoms with Crippen LogP contribution in [0.15, 0.2) is 41.3 Å². The third-order valence-electron chi connectivity index (χ3n) is 3.99. The predicted molar refractivity (Wildman–Crippen MR) is 98.6 cm³/mol. The van der Waals surface area contributed by atoms with Crippen molar-refractivity contribution in [3.8, 4) is 11.5 Å².